The van der Waals surface area contributed by atoms with Crippen molar-refractivity contribution in [1.29, 1.82) is 0 Å². The highest BCUT2D eigenvalue weighted by molar-refractivity contribution is 5.70. The summed E-state index contributed by atoms with van der Waals surface area (Å²) in [5, 5.41) is 0. The van der Waals surface area contributed by atoms with E-state index in [1.54, 1.807) is 11.9 Å². The fourth-order valence-electron chi connectivity index (χ4n) is 2.20. The van der Waals surface area contributed by atoms with Crippen LogP contribution in [-0.4, -0.2) is 54.7 Å². The molecular weight excluding hydrogens is 168 g/mol. The van der Waals surface area contributed by atoms with Gasteiger partial charge in [-0.15, -0.1) is 0 Å². The average Bonchev–Trinajstić information content (AvgIpc) is 2.59. The highest BCUT2D eigenvalue weighted by Crippen LogP contribution is 2.31. The van der Waals surface area contributed by atoms with Gasteiger partial charge in [-0.1, -0.05) is 6.92 Å². The molecule has 1 amide bonds. The SMILES string of the molecule is CCN1CCC2(C1)CN(C)C(=O)O2. The summed E-state index contributed by atoms with van der Waals surface area (Å²) < 4.78 is 5.40. The molecule has 0 saturated carbocycles. The number of likely N-dealkylation sites (tertiary alicyclic amines) is 1. The van der Waals surface area contributed by atoms with Gasteiger partial charge >= 0.3 is 6.09 Å². The van der Waals surface area contributed by atoms with Crippen LogP contribution in [0.2, 0.25) is 0 Å². The standard InChI is InChI=1S/C9H16N2O2/c1-3-11-5-4-9(7-11)6-10(2)8(12)13-9/h3-7H2,1-2H3. The molecule has 4 heteroatoms. The van der Waals surface area contributed by atoms with Gasteiger partial charge in [0.1, 0.15) is 5.60 Å². The second-order valence-corrected chi connectivity index (χ2v) is 4.03. The van der Waals surface area contributed by atoms with Gasteiger partial charge in [-0.25, -0.2) is 4.79 Å². The lowest BCUT2D eigenvalue weighted by Crippen LogP contribution is -2.37. The first kappa shape index (κ1) is 8.81. The molecule has 0 aromatic heterocycles. The second kappa shape index (κ2) is 2.87. The zero-order chi connectivity index (χ0) is 9.47. The van der Waals surface area contributed by atoms with Crippen molar-refractivity contribution < 1.29 is 9.53 Å². The van der Waals surface area contributed by atoms with Crippen LogP contribution in [0.15, 0.2) is 0 Å². The number of likely N-dealkylation sites (N-methyl/N-ethyl adjacent to an activating group) is 2. The van der Waals surface area contributed by atoms with Crippen molar-refractivity contribution in [2.75, 3.05) is 33.2 Å². The molecule has 4 nitrogen and oxygen atoms in total. The Hall–Kier alpha value is -0.770. The summed E-state index contributed by atoms with van der Waals surface area (Å²) in [6.07, 6.45) is 0.814. The highest BCUT2D eigenvalue weighted by Gasteiger charge is 2.47. The summed E-state index contributed by atoms with van der Waals surface area (Å²) >= 11 is 0. The van der Waals surface area contributed by atoms with Crippen molar-refractivity contribution >= 4 is 6.09 Å². The van der Waals surface area contributed by atoms with E-state index in [2.05, 4.69) is 11.8 Å². The van der Waals surface area contributed by atoms with Gasteiger partial charge < -0.3 is 9.64 Å². The molecule has 2 aliphatic rings. The van der Waals surface area contributed by atoms with Crippen LogP contribution in [0.1, 0.15) is 13.3 Å². The van der Waals surface area contributed by atoms with Crippen LogP contribution < -0.4 is 0 Å². The molecule has 2 aliphatic heterocycles. The van der Waals surface area contributed by atoms with E-state index in [0.717, 1.165) is 32.6 Å². The van der Waals surface area contributed by atoms with E-state index < -0.39 is 0 Å². The summed E-state index contributed by atoms with van der Waals surface area (Å²) in [7, 11) is 1.80. The largest absolute Gasteiger partial charge is 0.439 e. The van der Waals surface area contributed by atoms with E-state index in [1.807, 2.05) is 0 Å². The summed E-state index contributed by atoms with van der Waals surface area (Å²) in [5.41, 5.74) is -0.193. The molecule has 0 N–H and O–H groups in total. The number of carbonyl (C=O) groups is 1. The second-order valence-electron chi connectivity index (χ2n) is 4.03. The Kier molecular flexibility index (Phi) is 1.95. The van der Waals surface area contributed by atoms with Crippen LogP contribution in [0.3, 0.4) is 0 Å². The van der Waals surface area contributed by atoms with E-state index in [0.29, 0.717) is 0 Å². The molecule has 2 heterocycles. The van der Waals surface area contributed by atoms with Crippen LogP contribution >= 0.6 is 0 Å². The van der Waals surface area contributed by atoms with Gasteiger partial charge in [-0.3, -0.25) is 4.90 Å². The smallest absolute Gasteiger partial charge is 0.410 e. The number of rotatable bonds is 1. The summed E-state index contributed by atoms with van der Waals surface area (Å²) in [6.45, 7) is 5.89. The lowest BCUT2D eigenvalue weighted by Gasteiger charge is -2.20. The zero-order valence-electron chi connectivity index (χ0n) is 8.25. The molecule has 74 valence electrons. The predicted octanol–water partition coefficient (Wildman–Crippen LogP) is 0.533. The maximum atomic E-state index is 11.2. The Morgan fingerprint density at radius 2 is 2.31 bits per heavy atom. The van der Waals surface area contributed by atoms with Gasteiger partial charge in [0.25, 0.3) is 0 Å². The first-order valence-corrected chi connectivity index (χ1v) is 4.82. The Bertz CT molecular complexity index is 232. The molecule has 0 aromatic rings. The monoisotopic (exact) mass is 184 g/mol. The van der Waals surface area contributed by atoms with Gasteiger partial charge in [0.05, 0.1) is 6.54 Å². The topological polar surface area (TPSA) is 32.8 Å². The molecular formula is C9H16N2O2. The zero-order valence-corrected chi connectivity index (χ0v) is 8.25. The van der Waals surface area contributed by atoms with Crippen LogP contribution in [0, 0.1) is 0 Å². The maximum Gasteiger partial charge on any atom is 0.410 e. The van der Waals surface area contributed by atoms with Gasteiger partial charge in [0.15, 0.2) is 0 Å². The summed E-state index contributed by atoms with van der Waals surface area (Å²) in [4.78, 5) is 15.2. The van der Waals surface area contributed by atoms with E-state index in [9.17, 15) is 4.79 Å². The van der Waals surface area contributed by atoms with Crippen molar-refractivity contribution in [2.24, 2.45) is 0 Å². The van der Waals surface area contributed by atoms with Crippen LogP contribution in [0.25, 0.3) is 0 Å². The third-order valence-electron chi connectivity index (χ3n) is 2.98. The molecule has 2 rings (SSSR count). The molecule has 1 unspecified atom stereocenters. The Labute approximate surface area is 78.4 Å². The number of nitrogens with zero attached hydrogens (tertiary/aromatic N) is 2. The first-order chi connectivity index (χ1) is 6.15. The third-order valence-corrected chi connectivity index (χ3v) is 2.98. The quantitative estimate of drug-likeness (QED) is 0.596. The minimum atomic E-state index is -0.193. The first-order valence-electron chi connectivity index (χ1n) is 4.82. The molecule has 2 fully saturated rings. The van der Waals surface area contributed by atoms with Crippen LogP contribution in [-0.2, 0) is 4.74 Å². The van der Waals surface area contributed by atoms with Crippen molar-refractivity contribution in [1.82, 2.24) is 9.80 Å². The summed E-state index contributed by atoms with van der Waals surface area (Å²) in [6, 6.07) is 0. The predicted molar refractivity (Wildman–Crippen MR) is 48.6 cm³/mol. The van der Waals surface area contributed by atoms with Crippen LogP contribution in [0.5, 0.6) is 0 Å². The van der Waals surface area contributed by atoms with Gasteiger partial charge in [-0.2, -0.15) is 0 Å². The van der Waals surface area contributed by atoms with Crippen molar-refractivity contribution in [3.63, 3.8) is 0 Å². The Morgan fingerprint density at radius 1 is 1.54 bits per heavy atom. The van der Waals surface area contributed by atoms with E-state index in [1.165, 1.54) is 0 Å². The van der Waals surface area contributed by atoms with Gasteiger partial charge in [-0.05, 0) is 6.54 Å². The fraction of sp³-hybridized carbons (Fsp3) is 0.889. The Morgan fingerprint density at radius 3 is 2.77 bits per heavy atom. The minimum absolute atomic E-state index is 0.169. The Balaban J connectivity index is 2.04. The normalized spacial score (nSPS) is 34.6. The molecule has 13 heavy (non-hydrogen) atoms. The lowest BCUT2D eigenvalue weighted by molar-refractivity contribution is 0.0639. The highest BCUT2D eigenvalue weighted by atomic mass is 16.6. The maximum absolute atomic E-state index is 11.2. The fourth-order valence-corrected chi connectivity index (χ4v) is 2.20. The number of hydrogen-bond donors (Lipinski definition) is 0. The third kappa shape index (κ3) is 1.39. The molecule has 2 saturated heterocycles. The van der Waals surface area contributed by atoms with Gasteiger partial charge in [0.2, 0.25) is 0 Å². The van der Waals surface area contributed by atoms with Crippen molar-refractivity contribution in [3.05, 3.63) is 0 Å². The average molecular weight is 184 g/mol. The molecule has 1 atom stereocenters. The number of amides is 1. The van der Waals surface area contributed by atoms with E-state index in [-0.39, 0.29) is 11.7 Å². The van der Waals surface area contributed by atoms with Crippen LogP contribution in [0.4, 0.5) is 4.79 Å². The number of ether oxygens (including phenoxy) is 1. The minimum Gasteiger partial charge on any atom is -0.439 e. The molecule has 0 aromatic carbocycles. The molecule has 0 bridgehead atoms. The number of carbonyl (C=O) groups excluding carboxylic acids is 1. The van der Waals surface area contributed by atoms with Crippen molar-refractivity contribution in [3.8, 4) is 0 Å². The lowest BCUT2D eigenvalue weighted by atomic mass is 10.0. The summed E-state index contributed by atoms with van der Waals surface area (Å²) in [5.74, 6) is 0. The number of hydrogen-bond acceptors (Lipinski definition) is 3. The molecule has 0 radical (unpaired) electrons. The van der Waals surface area contributed by atoms with Gasteiger partial charge in [0, 0.05) is 26.6 Å². The van der Waals surface area contributed by atoms with Crippen molar-refractivity contribution in [2.45, 2.75) is 18.9 Å². The van der Waals surface area contributed by atoms with E-state index >= 15 is 0 Å². The molecule has 1 spiro atoms. The molecule has 0 aliphatic carbocycles. The van der Waals surface area contributed by atoms with E-state index in [4.69, 9.17) is 4.74 Å².